The Morgan fingerprint density at radius 1 is 0.854 bits per heavy atom. The molecule has 2 aromatic carbocycles. The molecule has 7 nitrogen and oxygen atoms in total. The van der Waals surface area contributed by atoms with Crippen LogP contribution in [0, 0.1) is 0 Å². The summed E-state index contributed by atoms with van der Waals surface area (Å²) < 4.78 is 8.37. The third-order valence-electron chi connectivity index (χ3n) is 7.57. The third kappa shape index (κ3) is 6.73. The lowest BCUT2D eigenvalue weighted by Gasteiger charge is -2.19. The fourth-order valence-corrected chi connectivity index (χ4v) is 5.11. The number of carbonyl (C=O) groups excluding carboxylic acids is 2. The minimum Gasteiger partial charge on any atom is -0.478 e. The number of ketones is 2. The van der Waals surface area contributed by atoms with Gasteiger partial charge in [-0.2, -0.15) is 0 Å². The molecule has 2 aromatic rings. The minimum atomic E-state index is -1.06. The maximum absolute atomic E-state index is 13.2. The number of carbonyl (C=O) groups is 3. The van der Waals surface area contributed by atoms with E-state index < -0.39 is 5.97 Å². The maximum atomic E-state index is 13.2. The summed E-state index contributed by atoms with van der Waals surface area (Å²) in [5, 5.41) is 11.9. The van der Waals surface area contributed by atoms with Gasteiger partial charge in [0.05, 0.1) is 11.6 Å². The molecule has 2 aliphatic rings. The zero-order valence-corrected chi connectivity index (χ0v) is 24.6. The first kappa shape index (κ1) is 29.7. The van der Waals surface area contributed by atoms with E-state index in [9.17, 15) is 19.5 Å². The predicted octanol–water partition coefficient (Wildman–Crippen LogP) is 6.50. The number of benzene rings is 3. The molecule has 41 heavy (non-hydrogen) atoms. The van der Waals surface area contributed by atoms with Gasteiger partial charge in [0, 0.05) is 73.3 Å². The lowest BCUT2D eigenvalue weighted by molar-refractivity contribution is -0.118. The highest BCUT2D eigenvalue weighted by Crippen LogP contribution is 2.42. The predicted molar refractivity (Wildman–Crippen MR) is 164 cm³/mol. The Hall–Kier alpha value is -4.26. The lowest BCUT2D eigenvalue weighted by Crippen LogP contribution is -2.21. The second-order valence-electron chi connectivity index (χ2n) is 10.9. The van der Waals surface area contributed by atoms with Gasteiger partial charge in [0.2, 0.25) is 5.36 Å². The van der Waals surface area contributed by atoms with Gasteiger partial charge >= 0.3 is 5.97 Å². The van der Waals surface area contributed by atoms with Crippen LogP contribution in [0.2, 0.25) is 0 Å². The Bertz CT molecular complexity index is 1640. The first-order valence-electron chi connectivity index (χ1n) is 14.2. The van der Waals surface area contributed by atoms with Gasteiger partial charge in [-0.25, -0.2) is 9.37 Å². The van der Waals surface area contributed by atoms with Gasteiger partial charge in [-0.15, -0.1) is 0 Å². The van der Waals surface area contributed by atoms with Gasteiger partial charge in [-0.3, -0.25) is 9.59 Å². The van der Waals surface area contributed by atoms with Crippen LogP contribution in [0.5, 0.6) is 0 Å². The van der Waals surface area contributed by atoms with E-state index in [1.54, 1.807) is 12.1 Å². The quantitative estimate of drug-likeness (QED) is 0.0928. The summed E-state index contributed by atoms with van der Waals surface area (Å²) in [7, 11) is 7.82. The van der Waals surface area contributed by atoms with Crippen LogP contribution in [-0.2, 0) is 4.79 Å². The van der Waals surface area contributed by atoms with E-state index in [1.165, 1.54) is 6.07 Å². The molecule has 214 valence electrons. The molecule has 0 amide bonds. The van der Waals surface area contributed by atoms with Crippen LogP contribution in [0.1, 0.15) is 72.6 Å². The van der Waals surface area contributed by atoms with Crippen LogP contribution >= 0.6 is 0 Å². The van der Waals surface area contributed by atoms with Crippen molar-refractivity contribution in [1.82, 2.24) is 4.58 Å². The summed E-state index contributed by atoms with van der Waals surface area (Å²) in [5.41, 5.74) is 4.19. The molecule has 0 saturated carbocycles. The molecule has 0 saturated heterocycles. The Labute approximate surface area is 241 Å². The number of hydrogen-bond acceptors (Lipinski definition) is 5. The fraction of sp³-hybridized carbons (Fsp3) is 0.353. The van der Waals surface area contributed by atoms with Crippen LogP contribution in [0.15, 0.2) is 59.0 Å². The standard InChI is InChI=1S/C34H38N2O5/c1-6-25(37)11-9-7-8-10-12-30(38)22-13-16-26(34(39)40)29(19-22)33-27-17-14-23(35(2)3)20-31(27)41-32-21-24(36(4)5)15-18-28(32)33/h13-21H,6-12H2,1-5H3/p+1. The van der Waals surface area contributed by atoms with Gasteiger partial charge in [-0.1, -0.05) is 25.8 Å². The SMILES string of the molecule is CCC(=O)CCCCCCC(=O)c1ccc(C(=O)O)c(-c2c3ccc(=[N+](C)C)cc-3oc3cc(N(C)C)ccc23)c1. The minimum absolute atomic E-state index is 0.0214. The number of carboxylic acid groups (broad SMARTS) is 1. The second-order valence-corrected chi connectivity index (χ2v) is 10.9. The Morgan fingerprint density at radius 2 is 1.59 bits per heavy atom. The molecule has 0 unspecified atom stereocenters. The first-order chi connectivity index (χ1) is 19.6. The van der Waals surface area contributed by atoms with Crippen molar-refractivity contribution in [2.75, 3.05) is 33.1 Å². The molecule has 0 radical (unpaired) electrons. The van der Waals surface area contributed by atoms with Crippen molar-refractivity contribution >= 4 is 34.2 Å². The summed E-state index contributed by atoms with van der Waals surface area (Å²) in [4.78, 5) is 39.2. The number of nitrogens with zero attached hydrogens (tertiary/aromatic N) is 2. The van der Waals surface area contributed by atoms with Crippen LogP contribution in [0.25, 0.3) is 33.4 Å². The first-order valence-corrected chi connectivity index (χ1v) is 14.2. The van der Waals surface area contributed by atoms with E-state index in [4.69, 9.17) is 4.42 Å². The average molecular weight is 556 g/mol. The molecule has 1 N–H and O–H groups in total. The molecule has 1 aliphatic carbocycles. The molecule has 7 heteroatoms. The largest absolute Gasteiger partial charge is 0.478 e. The zero-order chi connectivity index (χ0) is 29.7. The van der Waals surface area contributed by atoms with Crippen molar-refractivity contribution < 1.29 is 23.9 Å². The normalized spacial score (nSPS) is 11.1. The average Bonchev–Trinajstić information content (AvgIpc) is 2.96. The molecule has 4 rings (SSSR count). The lowest BCUT2D eigenvalue weighted by atomic mass is 9.88. The fourth-order valence-electron chi connectivity index (χ4n) is 5.11. The van der Waals surface area contributed by atoms with Crippen LogP contribution in [0.3, 0.4) is 0 Å². The number of Topliss-reactive ketones (excluding diaryl/α,β-unsaturated/α-hetero) is 2. The van der Waals surface area contributed by atoms with Gasteiger partial charge in [0.15, 0.2) is 5.78 Å². The number of hydrogen-bond donors (Lipinski definition) is 1. The number of anilines is 1. The Morgan fingerprint density at radius 3 is 2.24 bits per heavy atom. The van der Waals surface area contributed by atoms with Crippen molar-refractivity contribution in [3.8, 4) is 22.5 Å². The summed E-state index contributed by atoms with van der Waals surface area (Å²) >= 11 is 0. The highest BCUT2D eigenvalue weighted by atomic mass is 16.4. The number of rotatable bonds is 12. The molecule has 0 atom stereocenters. The molecule has 1 heterocycles. The van der Waals surface area contributed by atoms with Crippen LogP contribution in [-0.4, -0.2) is 50.8 Å². The molecule has 0 aromatic heterocycles. The van der Waals surface area contributed by atoms with Gasteiger partial charge in [0.25, 0.3) is 0 Å². The van der Waals surface area contributed by atoms with E-state index in [1.807, 2.05) is 81.0 Å². The van der Waals surface area contributed by atoms with Crippen molar-refractivity contribution in [2.45, 2.75) is 51.9 Å². The Balaban J connectivity index is 1.79. The van der Waals surface area contributed by atoms with E-state index in [2.05, 4.69) is 0 Å². The molecular formula is C34H39N2O5+. The van der Waals surface area contributed by atoms with Crippen LogP contribution < -0.4 is 14.8 Å². The van der Waals surface area contributed by atoms with Gasteiger partial charge < -0.3 is 14.4 Å². The van der Waals surface area contributed by atoms with Crippen molar-refractivity contribution in [3.05, 3.63) is 71.1 Å². The summed E-state index contributed by atoms with van der Waals surface area (Å²) in [6.45, 7) is 1.88. The molecule has 1 aliphatic heterocycles. The van der Waals surface area contributed by atoms with Gasteiger partial charge in [0.1, 0.15) is 31.2 Å². The molecule has 0 bridgehead atoms. The Kier molecular flexibility index (Phi) is 9.38. The second kappa shape index (κ2) is 12.9. The highest BCUT2D eigenvalue weighted by Gasteiger charge is 2.23. The van der Waals surface area contributed by atoms with Crippen LogP contribution in [0.4, 0.5) is 5.69 Å². The van der Waals surface area contributed by atoms with Crippen molar-refractivity contribution in [3.63, 3.8) is 0 Å². The molecule has 0 fully saturated rings. The highest BCUT2D eigenvalue weighted by molar-refractivity contribution is 6.09. The number of aromatic carboxylic acids is 1. The topological polar surface area (TPSA) is 90.8 Å². The van der Waals surface area contributed by atoms with E-state index in [0.29, 0.717) is 41.7 Å². The zero-order valence-electron chi connectivity index (χ0n) is 24.6. The van der Waals surface area contributed by atoms with Crippen molar-refractivity contribution in [2.24, 2.45) is 0 Å². The summed E-state index contributed by atoms with van der Waals surface area (Å²) in [5.74, 6) is -0.176. The maximum Gasteiger partial charge on any atom is 0.336 e. The number of fused-ring (bicyclic) bond motifs is 2. The van der Waals surface area contributed by atoms with E-state index in [-0.39, 0.29) is 17.1 Å². The number of unbranched alkanes of at least 4 members (excludes halogenated alkanes) is 3. The monoisotopic (exact) mass is 555 g/mol. The third-order valence-corrected chi connectivity index (χ3v) is 7.57. The van der Waals surface area contributed by atoms with E-state index in [0.717, 1.165) is 53.2 Å². The summed E-state index contributed by atoms with van der Waals surface area (Å²) in [6, 6.07) is 16.6. The molecular weight excluding hydrogens is 516 g/mol. The smallest absolute Gasteiger partial charge is 0.336 e. The number of carboxylic acids is 1. The van der Waals surface area contributed by atoms with E-state index >= 15 is 0 Å². The summed E-state index contributed by atoms with van der Waals surface area (Å²) in [6.07, 6.45) is 4.91. The molecule has 0 spiro atoms. The van der Waals surface area contributed by atoms with Gasteiger partial charge in [-0.05, 0) is 48.7 Å². The van der Waals surface area contributed by atoms with Crippen molar-refractivity contribution in [1.29, 1.82) is 0 Å².